The maximum Gasteiger partial charge on any atom is 0.119 e. The van der Waals surface area contributed by atoms with Crippen molar-refractivity contribution in [1.82, 2.24) is 0 Å². The molecule has 0 saturated heterocycles. The van der Waals surface area contributed by atoms with E-state index in [0.29, 0.717) is 0 Å². The highest BCUT2D eigenvalue weighted by atomic mass is 16.5. The minimum absolute atomic E-state index is 0.862. The number of hydrogen-bond acceptors (Lipinski definition) is 1. The van der Waals surface area contributed by atoms with Crippen molar-refractivity contribution in [3.63, 3.8) is 0 Å². The smallest absolute Gasteiger partial charge is 0.119 e. The van der Waals surface area contributed by atoms with Crippen LogP contribution in [0.2, 0.25) is 0 Å². The van der Waals surface area contributed by atoms with Gasteiger partial charge >= 0.3 is 0 Å². The van der Waals surface area contributed by atoms with Gasteiger partial charge in [-0.3, -0.25) is 0 Å². The van der Waals surface area contributed by atoms with Crippen LogP contribution in [-0.4, -0.2) is 6.61 Å². The van der Waals surface area contributed by atoms with Crippen molar-refractivity contribution in [3.8, 4) is 5.75 Å². The van der Waals surface area contributed by atoms with Gasteiger partial charge in [0.15, 0.2) is 0 Å². The van der Waals surface area contributed by atoms with Gasteiger partial charge in [-0.2, -0.15) is 0 Å². The first kappa shape index (κ1) is 15.1. The van der Waals surface area contributed by atoms with Gasteiger partial charge in [0.1, 0.15) is 5.75 Å². The monoisotopic (exact) mass is 248 g/mol. The highest BCUT2D eigenvalue weighted by Crippen LogP contribution is 2.14. The lowest BCUT2D eigenvalue weighted by Gasteiger charge is -2.07. The van der Waals surface area contributed by atoms with E-state index in [2.05, 4.69) is 38.1 Å². The van der Waals surface area contributed by atoms with Gasteiger partial charge in [-0.1, -0.05) is 64.5 Å². The van der Waals surface area contributed by atoms with Crippen molar-refractivity contribution in [1.29, 1.82) is 0 Å². The van der Waals surface area contributed by atoms with Crippen molar-refractivity contribution < 1.29 is 4.74 Å². The Morgan fingerprint density at radius 1 is 0.889 bits per heavy atom. The van der Waals surface area contributed by atoms with Gasteiger partial charge in [0.25, 0.3) is 0 Å². The van der Waals surface area contributed by atoms with E-state index >= 15 is 0 Å². The van der Waals surface area contributed by atoms with Gasteiger partial charge in [0, 0.05) is 0 Å². The first-order valence-electron chi connectivity index (χ1n) is 7.58. The van der Waals surface area contributed by atoms with Crippen molar-refractivity contribution in [3.05, 3.63) is 29.8 Å². The summed E-state index contributed by atoms with van der Waals surface area (Å²) in [5.41, 5.74) is 1.35. The molecule has 0 spiro atoms. The number of benzene rings is 1. The second-order valence-electron chi connectivity index (χ2n) is 4.97. The Labute approximate surface area is 113 Å². The molecule has 0 aromatic heterocycles. The van der Waals surface area contributed by atoms with Gasteiger partial charge < -0.3 is 4.74 Å². The zero-order valence-corrected chi connectivity index (χ0v) is 12.1. The summed E-state index contributed by atoms with van der Waals surface area (Å²) >= 11 is 0. The van der Waals surface area contributed by atoms with Crippen LogP contribution < -0.4 is 4.74 Å². The van der Waals surface area contributed by atoms with E-state index in [0.717, 1.165) is 18.8 Å². The molecule has 102 valence electrons. The lowest BCUT2D eigenvalue weighted by Crippen LogP contribution is -1.97. The first-order valence-corrected chi connectivity index (χ1v) is 7.58. The normalized spacial score (nSPS) is 10.6. The van der Waals surface area contributed by atoms with E-state index in [-0.39, 0.29) is 0 Å². The van der Waals surface area contributed by atoms with Crippen LogP contribution in [0.1, 0.15) is 64.4 Å². The largest absolute Gasteiger partial charge is 0.494 e. The van der Waals surface area contributed by atoms with Crippen molar-refractivity contribution in [2.45, 2.75) is 65.2 Å². The Balaban J connectivity index is 2.03. The highest BCUT2D eigenvalue weighted by molar-refractivity contribution is 5.28. The molecular weight excluding hydrogens is 220 g/mol. The van der Waals surface area contributed by atoms with Crippen LogP contribution in [0.4, 0.5) is 0 Å². The van der Waals surface area contributed by atoms with Crippen molar-refractivity contribution in [2.24, 2.45) is 0 Å². The second-order valence-corrected chi connectivity index (χ2v) is 4.97. The number of unbranched alkanes of at least 4 members (excludes halogenated alkanes) is 6. The Morgan fingerprint density at radius 2 is 1.61 bits per heavy atom. The molecule has 0 aliphatic carbocycles. The quantitative estimate of drug-likeness (QED) is 0.505. The molecule has 0 radical (unpaired) electrons. The summed E-state index contributed by atoms with van der Waals surface area (Å²) in [6.45, 7) is 5.30. The Bertz CT molecular complexity index is 306. The van der Waals surface area contributed by atoms with E-state index in [1.165, 1.54) is 50.5 Å². The molecule has 1 nitrogen and oxygen atoms in total. The van der Waals surface area contributed by atoms with Crippen LogP contribution in [0.3, 0.4) is 0 Å². The summed E-state index contributed by atoms with van der Waals surface area (Å²) in [4.78, 5) is 0. The molecule has 0 amide bonds. The zero-order chi connectivity index (χ0) is 13.1. The number of rotatable bonds is 10. The first-order chi connectivity index (χ1) is 8.86. The van der Waals surface area contributed by atoms with Crippen LogP contribution in [0.5, 0.6) is 5.75 Å². The van der Waals surface area contributed by atoms with Crippen LogP contribution in [-0.2, 0) is 6.42 Å². The van der Waals surface area contributed by atoms with Crippen LogP contribution in [0.25, 0.3) is 0 Å². The molecule has 0 aliphatic heterocycles. The topological polar surface area (TPSA) is 9.23 Å². The predicted molar refractivity (Wildman–Crippen MR) is 79.3 cm³/mol. The van der Waals surface area contributed by atoms with Crippen molar-refractivity contribution >= 4 is 0 Å². The predicted octanol–water partition coefficient (Wildman–Crippen LogP) is 5.38. The van der Waals surface area contributed by atoms with Gasteiger partial charge in [-0.25, -0.2) is 0 Å². The SMILES string of the molecule is CCCCCCCCCOc1cccc(CC)c1. The molecule has 1 rings (SSSR count). The van der Waals surface area contributed by atoms with Crippen LogP contribution in [0, 0.1) is 0 Å². The Hall–Kier alpha value is -0.980. The third-order valence-electron chi connectivity index (χ3n) is 3.32. The third-order valence-corrected chi connectivity index (χ3v) is 3.32. The summed E-state index contributed by atoms with van der Waals surface area (Å²) in [7, 11) is 0. The molecule has 0 N–H and O–H groups in total. The molecule has 0 saturated carbocycles. The molecule has 0 heterocycles. The van der Waals surface area contributed by atoms with Gasteiger partial charge in [0.05, 0.1) is 6.61 Å². The summed E-state index contributed by atoms with van der Waals surface area (Å²) in [6, 6.07) is 8.45. The van der Waals surface area contributed by atoms with E-state index in [1.54, 1.807) is 0 Å². The third kappa shape index (κ3) is 6.68. The lowest BCUT2D eigenvalue weighted by atomic mass is 10.1. The highest BCUT2D eigenvalue weighted by Gasteiger charge is 1.96. The summed E-state index contributed by atoms with van der Waals surface area (Å²) in [5.74, 6) is 1.03. The minimum Gasteiger partial charge on any atom is -0.494 e. The van der Waals surface area contributed by atoms with Gasteiger partial charge in [0.2, 0.25) is 0 Å². The Kier molecular flexibility index (Phi) is 8.37. The molecule has 1 aromatic rings. The summed E-state index contributed by atoms with van der Waals surface area (Å²) in [5, 5.41) is 0. The number of hydrogen-bond donors (Lipinski definition) is 0. The number of ether oxygens (including phenoxy) is 1. The Morgan fingerprint density at radius 3 is 2.33 bits per heavy atom. The van der Waals surface area contributed by atoms with Crippen LogP contribution in [0.15, 0.2) is 24.3 Å². The average molecular weight is 248 g/mol. The fraction of sp³-hybridized carbons (Fsp3) is 0.647. The van der Waals surface area contributed by atoms with E-state index in [4.69, 9.17) is 4.74 Å². The molecule has 0 atom stereocenters. The molecule has 0 bridgehead atoms. The van der Waals surface area contributed by atoms with Crippen LogP contribution >= 0.6 is 0 Å². The second kappa shape index (κ2) is 9.99. The lowest BCUT2D eigenvalue weighted by molar-refractivity contribution is 0.304. The average Bonchev–Trinajstić information content (AvgIpc) is 2.42. The van der Waals surface area contributed by atoms with Gasteiger partial charge in [-0.05, 0) is 30.5 Å². The minimum atomic E-state index is 0.862. The zero-order valence-electron chi connectivity index (χ0n) is 12.1. The maximum atomic E-state index is 5.78. The van der Waals surface area contributed by atoms with Crippen molar-refractivity contribution in [2.75, 3.05) is 6.61 Å². The summed E-state index contributed by atoms with van der Waals surface area (Å²) in [6.07, 6.45) is 10.4. The fourth-order valence-electron chi connectivity index (χ4n) is 2.10. The summed E-state index contributed by atoms with van der Waals surface area (Å²) < 4.78 is 5.78. The van der Waals surface area contributed by atoms with E-state index in [9.17, 15) is 0 Å². The fourth-order valence-corrected chi connectivity index (χ4v) is 2.10. The standard InChI is InChI=1S/C17H28O/c1-3-5-6-7-8-9-10-14-18-17-13-11-12-16(4-2)15-17/h11-13,15H,3-10,14H2,1-2H3. The molecule has 0 aliphatic rings. The number of aryl methyl sites for hydroxylation is 1. The molecule has 18 heavy (non-hydrogen) atoms. The maximum absolute atomic E-state index is 5.78. The molecule has 0 fully saturated rings. The van der Waals surface area contributed by atoms with Gasteiger partial charge in [-0.15, -0.1) is 0 Å². The molecular formula is C17H28O. The van der Waals surface area contributed by atoms with E-state index < -0.39 is 0 Å². The van der Waals surface area contributed by atoms with E-state index in [1.807, 2.05) is 0 Å². The molecule has 0 unspecified atom stereocenters. The molecule has 1 heteroatoms. The molecule has 1 aromatic carbocycles.